The van der Waals surface area contributed by atoms with E-state index in [1.807, 2.05) is 0 Å². The number of aliphatic hydroxyl groups excluding tert-OH is 2. The van der Waals surface area contributed by atoms with E-state index in [1.54, 1.807) is 0 Å². The molecule has 4 rings (SSSR count). The number of hydrogen-bond donors (Lipinski definition) is 3. The molecule has 4 aliphatic rings. The van der Waals surface area contributed by atoms with Crippen LogP contribution in [0.15, 0.2) is 22.8 Å². The molecule has 28 heavy (non-hydrogen) atoms. The molecule has 4 heteroatoms. The normalized spacial score (nSPS) is 43.7. The van der Waals surface area contributed by atoms with Crippen molar-refractivity contribution in [3.8, 4) is 0 Å². The van der Waals surface area contributed by atoms with E-state index in [0.29, 0.717) is 18.3 Å². The zero-order valence-electron chi connectivity index (χ0n) is 17.6. The molecule has 4 nitrogen and oxygen atoms in total. The van der Waals surface area contributed by atoms with Gasteiger partial charge in [0.2, 0.25) is 0 Å². The van der Waals surface area contributed by atoms with Gasteiger partial charge in [0.15, 0.2) is 0 Å². The van der Waals surface area contributed by atoms with Gasteiger partial charge >= 0.3 is 5.97 Å². The van der Waals surface area contributed by atoms with Gasteiger partial charge in [0, 0.05) is 11.8 Å². The van der Waals surface area contributed by atoms with Crippen LogP contribution in [0, 0.1) is 28.6 Å². The molecule has 156 valence electrons. The van der Waals surface area contributed by atoms with Gasteiger partial charge in [-0.3, -0.25) is 4.79 Å². The molecule has 0 heterocycles. The predicted octanol–water partition coefficient (Wildman–Crippen LogP) is 4.46. The quantitative estimate of drug-likeness (QED) is 0.664. The number of aliphatic hydroxyl groups is 2. The topological polar surface area (TPSA) is 77.8 Å². The lowest BCUT2D eigenvalue weighted by atomic mass is 9.51. The molecule has 0 saturated heterocycles. The molecule has 0 aromatic carbocycles. The van der Waals surface area contributed by atoms with Crippen molar-refractivity contribution in [3.63, 3.8) is 0 Å². The summed E-state index contributed by atoms with van der Waals surface area (Å²) in [6.45, 7) is 6.75. The third-order valence-electron chi connectivity index (χ3n) is 9.09. The third-order valence-corrected chi connectivity index (χ3v) is 9.09. The Morgan fingerprint density at radius 2 is 2.04 bits per heavy atom. The molecular weight excluding hydrogens is 352 g/mol. The fourth-order valence-electron chi connectivity index (χ4n) is 7.24. The Morgan fingerprint density at radius 1 is 1.29 bits per heavy atom. The van der Waals surface area contributed by atoms with Crippen LogP contribution in [-0.2, 0) is 4.79 Å². The number of allylic oxidation sites excluding steroid dienone is 2. The molecule has 4 aliphatic carbocycles. The SMILES string of the molecule is C[C@H](CCC(=O)O)[C@H]1CC=C2C3=C(C[C@H](O)[C@@]21C)[C@@]1(C)CC[C@@H](O)C[C@H]1CC3. The summed E-state index contributed by atoms with van der Waals surface area (Å²) >= 11 is 0. The second kappa shape index (κ2) is 6.98. The summed E-state index contributed by atoms with van der Waals surface area (Å²) in [4.78, 5) is 11.0. The van der Waals surface area contributed by atoms with Crippen molar-refractivity contribution in [1.29, 1.82) is 0 Å². The maximum Gasteiger partial charge on any atom is 0.303 e. The average Bonchev–Trinajstić information content (AvgIpc) is 3.00. The van der Waals surface area contributed by atoms with Crippen LogP contribution in [0.1, 0.15) is 78.6 Å². The van der Waals surface area contributed by atoms with E-state index < -0.39 is 12.1 Å². The largest absolute Gasteiger partial charge is 0.481 e. The summed E-state index contributed by atoms with van der Waals surface area (Å²) in [6, 6.07) is 0. The van der Waals surface area contributed by atoms with E-state index in [2.05, 4.69) is 26.8 Å². The lowest BCUT2D eigenvalue weighted by molar-refractivity contribution is -0.137. The molecule has 0 bridgehead atoms. The van der Waals surface area contributed by atoms with Gasteiger partial charge in [0.25, 0.3) is 0 Å². The Hall–Kier alpha value is -1.13. The maximum atomic E-state index is 11.4. The summed E-state index contributed by atoms with van der Waals surface area (Å²) in [5, 5.41) is 30.6. The first-order valence-corrected chi connectivity index (χ1v) is 11.2. The molecule has 3 N–H and O–H groups in total. The summed E-state index contributed by atoms with van der Waals surface area (Å²) in [5.74, 6) is 0.384. The molecule has 0 amide bonds. The summed E-state index contributed by atoms with van der Waals surface area (Å²) in [6.07, 6.45) is 9.34. The van der Waals surface area contributed by atoms with Crippen molar-refractivity contribution in [2.45, 2.75) is 90.8 Å². The molecule has 0 aromatic rings. The highest BCUT2D eigenvalue weighted by Crippen LogP contribution is 2.64. The van der Waals surface area contributed by atoms with E-state index in [1.165, 1.54) is 16.7 Å². The number of rotatable bonds is 4. The van der Waals surface area contributed by atoms with Gasteiger partial charge in [-0.1, -0.05) is 32.4 Å². The van der Waals surface area contributed by atoms with Gasteiger partial charge in [-0.05, 0) is 85.7 Å². The monoisotopic (exact) mass is 388 g/mol. The van der Waals surface area contributed by atoms with Gasteiger partial charge in [-0.2, -0.15) is 0 Å². The summed E-state index contributed by atoms with van der Waals surface area (Å²) in [7, 11) is 0. The number of carbonyl (C=O) groups is 1. The van der Waals surface area contributed by atoms with E-state index in [-0.39, 0.29) is 29.3 Å². The highest BCUT2D eigenvalue weighted by atomic mass is 16.4. The Balaban J connectivity index is 1.65. The first kappa shape index (κ1) is 20.2. The first-order chi connectivity index (χ1) is 13.2. The summed E-state index contributed by atoms with van der Waals surface area (Å²) in [5.41, 5.74) is 4.18. The number of fused-ring (bicyclic) bond motifs is 4. The van der Waals surface area contributed by atoms with Crippen LogP contribution in [0.4, 0.5) is 0 Å². The van der Waals surface area contributed by atoms with Crippen LogP contribution in [0.2, 0.25) is 0 Å². The fraction of sp³-hybridized carbons (Fsp3) is 0.792. The van der Waals surface area contributed by atoms with Crippen molar-refractivity contribution in [2.24, 2.45) is 28.6 Å². The van der Waals surface area contributed by atoms with Crippen molar-refractivity contribution < 1.29 is 20.1 Å². The summed E-state index contributed by atoms with van der Waals surface area (Å²) < 4.78 is 0. The van der Waals surface area contributed by atoms with Gasteiger partial charge < -0.3 is 15.3 Å². The Morgan fingerprint density at radius 3 is 2.75 bits per heavy atom. The van der Waals surface area contributed by atoms with E-state index in [4.69, 9.17) is 5.11 Å². The number of aliphatic carboxylic acids is 1. The first-order valence-electron chi connectivity index (χ1n) is 11.2. The second-order valence-corrected chi connectivity index (χ2v) is 10.4. The van der Waals surface area contributed by atoms with Crippen LogP contribution in [0.3, 0.4) is 0 Å². The molecule has 0 radical (unpaired) electrons. The lowest BCUT2D eigenvalue weighted by Gasteiger charge is -2.55. The molecule has 1 saturated carbocycles. The molecule has 0 spiro atoms. The van der Waals surface area contributed by atoms with Gasteiger partial charge in [0.05, 0.1) is 12.2 Å². The maximum absolute atomic E-state index is 11.4. The van der Waals surface area contributed by atoms with Crippen LogP contribution < -0.4 is 0 Å². The minimum absolute atomic E-state index is 0.114. The van der Waals surface area contributed by atoms with Crippen LogP contribution in [-0.4, -0.2) is 33.5 Å². The predicted molar refractivity (Wildman–Crippen MR) is 109 cm³/mol. The molecule has 0 aromatic heterocycles. The van der Waals surface area contributed by atoms with E-state index >= 15 is 0 Å². The Kier molecular flexibility index (Phi) is 5.03. The molecular formula is C24H36O4. The average molecular weight is 389 g/mol. The lowest BCUT2D eigenvalue weighted by Crippen LogP contribution is -2.49. The highest BCUT2D eigenvalue weighted by Gasteiger charge is 2.56. The van der Waals surface area contributed by atoms with Crippen molar-refractivity contribution >= 4 is 5.97 Å². The number of carboxylic acid groups (broad SMARTS) is 1. The van der Waals surface area contributed by atoms with Crippen LogP contribution in [0.5, 0.6) is 0 Å². The molecule has 1 fully saturated rings. The molecule has 7 atom stereocenters. The van der Waals surface area contributed by atoms with Gasteiger partial charge in [0.1, 0.15) is 0 Å². The minimum Gasteiger partial charge on any atom is -0.481 e. The smallest absolute Gasteiger partial charge is 0.303 e. The standard InChI is InChI=1S/C24H36O4/c1-14(4-9-22(27)28)18-7-8-19-17-6-5-15-12-16(25)10-11-23(15,2)20(17)13-21(26)24(18,19)3/h8,14-16,18,21,25-26H,4-7,9-13H2,1-3H3,(H,27,28)/t14-,15-,16-,18-,21+,23+,24-/m1/s1. The molecule has 0 unspecified atom stereocenters. The van der Waals surface area contributed by atoms with Crippen molar-refractivity contribution in [2.75, 3.05) is 0 Å². The second-order valence-electron chi connectivity index (χ2n) is 10.4. The van der Waals surface area contributed by atoms with Crippen LogP contribution >= 0.6 is 0 Å². The zero-order valence-corrected chi connectivity index (χ0v) is 17.6. The number of carboxylic acids is 1. The highest BCUT2D eigenvalue weighted by molar-refractivity contribution is 5.66. The van der Waals surface area contributed by atoms with Crippen molar-refractivity contribution in [3.05, 3.63) is 22.8 Å². The Bertz CT molecular complexity index is 722. The van der Waals surface area contributed by atoms with Gasteiger partial charge in [-0.15, -0.1) is 0 Å². The van der Waals surface area contributed by atoms with E-state index in [0.717, 1.165) is 44.9 Å². The molecule has 0 aliphatic heterocycles. The van der Waals surface area contributed by atoms with Crippen molar-refractivity contribution in [1.82, 2.24) is 0 Å². The Labute approximate surface area is 168 Å². The fourth-order valence-corrected chi connectivity index (χ4v) is 7.24. The third kappa shape index (κ3) is 2.90. The van der Waals surface area contributed by atoms with Crippen LogP contribution in [0.25, 0.3) is 0 Å². The zero-order chi connectivity index (χ0) is 20.3. The minimum atomic E-state index is -0.733. The van der Waals surface area contributed by atoms with Gasteiger partial charge in [-0.25, -0.2) is 0 Å². The number of hydrogen-bond acceptors (Lipinski definition) is 3. The van der Waals surface area contributed by atoms with E-state index in [9.17, 15) is 15.0 Å².